The number of carbonyl (C=O) groups excluding carboxylic acids is 2. The van der Waals surface area contributed by atoms with Crippen molar-refractivity contribution in [3.63, 3.8) is 0 Å². The lowest BCUT2D eigenvalue weighted by atomic mass is 10.2. The molecule has 2 rings (SSSR count). The lowest BCUT2D eigenvalue weighted by molar-refractivity contribution is -0.147. The molecule has 0 N–H and O–H groups in total. The molecule has 1 saturated heterocycles. The van der Waals surface area contributed by atoms with Crippen LogP contribution in [0.2, 0.25) is 5.02 Å². The highest BCUT2D eigenvalue weighted by molar-refractivity contribution is 6.31. The summed E-state index contributed by atoms with van der Waals surface area (Å²) >= 11 is 6.02. The molecule has 1 aromatic heterocycles. The summed E-state index contributed by atoms with van der Waals surface area (Å²) in [7, 11) is 0. The van der Waals surface area contributed by atoms with Crippen LogP contribution < -0.4 is 0 Å². The molecule has 21 heavy (non-hydrogen) atoms. The van der Waals surface area contributed by atoms with Crippen LogP contribution in [0.3, 0.4) is 0 Å². The van der Waals surface area contributed by atoms with E-state index >= 15 is 0 Å². The number of likely N-dealkylation sites (tertiary alicyclic amines) is 1. The summed E-state index contributed by atoms with van der Waals surface area (Å²) in [5.41, 5.74) is 0.540. The first kappa shape index (κ1) is 15.9. The number of hydrogen-bond donors (Lipinski definition) is 0. The highest BCUT2D eigenvalue weighted by atomic mass is 35.5. The predicted molar refractivity (Wildman–Crippen MR) is 80.4 cm³/mol. The molecule has 1 aliphatic heterocycles. The molecular weight excluding hydrogens is 292 g/mol. The number of amides is 1. The van der Waals surface area contributed by atoms with Crippen molar-refractivity contribution in [2.24, 2.45) is 0 Å². The smallest absolute Gasteiger partial charge is 0.328 e. The Bertz CT molecular complexity index is 527. The second kappa shape index (κ2) is 6.98. The molecule has 116 valence electrons. The van der Waals surface area contributed by atoms with E-state index in [-0.39, 0.29) is 11.9 Å². The Morgan fingerprint density at radius 2 is 2.19 bits per heavy atom. The number of hydrogen-bond acceptors (Lipinski definition) is 3. The third-order valence-electron chi connectivity index (χ3n) is 3.62. The maximum Gasteiger partial charge on any atom is 0.328 e. The van der Waals surface area contributed by atoms with Crippen molar-refractivity contribution in [3.8, 4) is 0 Å². The van der Waals surface area contributed by atoms with Crippen molar-refractivity contribution < 1.29 is 14.3 Å². The van der Waals surface area contributed by atoms with E-state index in [1.54, 1.807) is 24.1 Å². The van der Waals surface area contributed by atoms with Crippen molar-refractivity contribution in [1.82, 2.24) is 9.47 Å². The van der Waals surface area contributed by atoms with Crippen LogP contribution in [-0.4, -0.2) is 40.5 Å². The number of halogens is 1. The molecule has 2 heterocycles. The summed E-state index contributed by atoms with van der Waals surface area (Å²) in [4.78, 5) is 26.3. The summed E-state index contributed by atoms with van der Waals surface area (Å²) in [5.74, 6) is -0.464. The van der Waals surface area contributed by atoms with Gasteiger partial charge in [-0.05, 0) is 32.3 Å². The normalized spacial score (nSPS) is 18.0. The van der Waals surface area contributed by atoms with Crippen LogP contribution in [0.25, 0.3) is 0 Å². The quantitative estimate of drug-likeness (QED) is 0.786. The molecule has 5 nitrogen and oxygen atoms in total. The van der Waals surface area contributed by atoms with Crippen molar-refractivity contribution in [1.29, 1.82) is 0 Å². The molecule has 1 aromatic rings. The maximum atomic E-state index is 12.7. The van der Waals surface area contributed by atoms with Gasteiger partial charge in [0.15, 0.2) is 0 Å². The van der Waals surface area contributed by atoms with Crippen molar-refractivity contribution in [2.75, 3.05) is 13.2 Å². The van der Waals surface area contributed by atoms with E-state index in [2.05, 4.69) is 0 Å². The predicted octanol–water partition coefficient (Wildman–Crippen LogP) is 2.72. The van der Waals surface area contributed by atoms with Crippen LogP contribution in [0.15, 0.2) is 12.3 Å². The Kier molecular flexibility index (Phi) is 5.28. The van der Waals surface area contributed by atoms with E-state index in [4.69, 9.17) is 16.3 Å². The molecule has 0 bridgehead atoms. The van der Waals surface area contributed by atoms with Gasteiger partial charge in [0.05, 0.1) is 11.6 Å². The number of aryl methyl sites for hydroxylation is 1. The standard InChI is InChI=1S/C15H21ClN2O3/c1-3-7-17-10-11(16)9-13(17)14(19)18-8-5-6-12(18)15(20)21-4-2/h9-10,12H,3-8H2,1-2H3. The minimum absolute atomic E-state index is 0.147. The van der Waals surface area contributed by atoms with Crippen LogP contribution in [0.1, 0.15) is 43.6 Å². The second-order valence-electron chi connectivity index (χ2n) is 5.15. The second-order valence-corrected chi connectivity index (χ2v) is 5.58. The number of nitrogens with zero attached hydrogens (tertiary/aromatic N) is 2. The summed E-state index contributed by atoms with van der Waals surface area (Å²) in [5, 5.41) is 0.540. The van der Waals surface area contributed by atoms with Gasteiger partial charge in [-0.3, -0.25) is 4.79 Å². The van der Waals surface area contributed by atoms with Gasteiger partial charge in [-0.15, -0.1) is 0 Å². The molecule has 6 heteroatoms. The van der Waals surface area contributed by atoms with Gasteiger partial charge >= 0.3 is 5.97 Å². The van der Waals surface area contributed by atoms with Gasteiger partial charge in [0, 0.05) is 19.3 Å². The van der Waals surface area contributed by atoms with Crippen molar-refractivity contribution in [3.05, 3.63) is 23.0 Å². The highest BCUT2D eigenvalue weighted by Gasteiger charge is 2.36. The molecular formula is C15H21ClN2O3. The Labute approximate surface area is 129 Å². The summed E-state index contributed by atoms with van der Waals surface area (Å²) < 4.78 is 6.91. The van der Waals surface area contributed by atoms with Gasteiger partial charge in [-0.1, -0.05) is 18.5 Å². The number of ether oxygens (including phenoxy) is 1. The zero-order valence-corrected chi connectivity index (χ0v) is 13.2. The van der Waals surface area contributed by atoms with Gasteiger partial charge in [-0.25, -0.2) is 4.79 Å². The Morgan fingerprint density at radius 1 is 1.43 bits per heavy atom. The van der Waals surface area contributed by atoms with Gasteiger partial charge in [0.1, 0.15) is 11.7 Å². The average Bonchev–Trinajstić information content (AvgIpc) is 3.05. The van der Waals surface area contributed by atoms with Crippen molar-refractivity contribution in [2.45, 2.75) is 45.7 Å². The fourth-order valence-corrected chi connectivity index (χ4v) is 2.94. The van der Waals surface area contributed by atoms with E-state index in [1.165, 1.54) is 0 Å². The van der Waals surface area contributed by atoms with E-state index in [0.717, 1.165) is 19.4 Å². The number of aromatic nitrogens is 1. The molecule has 1 aliphatic rings. The first-order valence-corrected chi connectivity index (χ1v) is 7.79. The third kappa shape index (κ3) is 3.40. The average molecular weight is 313 g/mol. The highest BCUT2D eigenvalue weighted by Crippen LogP contribution is 2.23. The molecule has 1 fully saturated rings. The van der Waals surface area contributed by atoms with Gasteiger partial charge in [-0.2, -0.15) is 0 Å². The number of carbonyl (C=O) groups is 2. The lowest BCUT2D eigenvalue weighted by Gasteiger charge is -2.23. The lowest BCUT2D eigenvalue weighted by Crippen LogP contribution is -2.42. The molecule has 1 atom stereocenters. The molecule has 0 aliphatic carbocycles. The molecule has 1 unspecified atom stereocenters. The Balaban J connectivity index is 2.20. The van der Waals surface area contributed by atoms with Crippen LogP contribution >= 0.6 is 11.6 Å². The van der Waals surface area contributed by atoms with Crippen LogP contribution in [0, 0.1) is 0 Å². The third-order valence-corrected chi connectivity index (χ3v) is 3.83. The molecule has 0 saturated carbocycles. The fourth-order valence-electron chi connectivity index (χ4n) is 2.72. The van der Waals surface area contributed by atoms with Crippen LogP contribution in [0.5, 0.6) is 0 Å². The maximum absolute atomic E-state index is 12.7. The largest absolute Gasteiger partial charge is 0.464 e. The first-order valence-electron chi connectivity index (χ1n) is 7.41. The SMILES string of the molecule is CCCn1cc(Cl)cc1C(=O)N1CCCC1C(=O)OCC. The first-order chi connectivity index (χ1) is 10.1. The van der Waals surface area contributed by atoms with E-state index in [0.29, 0.717) is 30.3 Å². The molecule has 0 spiro atoms. The van der Waals surface area contributed by atoms with Crippen LogP contribution in [-0.2, 0) is 16.1 Å². The molecule has 1 amide bonds. The number of rotatable bonds is 5. The van der Waals surface area contributed by atoms with Crippen molar-refractivity contribution >= 4 is 23.5 Å². The summed E-state index contributed by atoms with van der Waals surface area (Å²) in [6, 6.07) is 1.20. The Hall–Kier alpha value is -1.49. The van der Waals surface area contributed by atoms with Gasteiger partial charge < -0.3 is 14.2 Å². The topological polar surface area (TPSA) is 51.5 Å². The fraction of sp³-hybridized carbons (Fsp3) is 0.600. The van der Waals surface area contributed by atoms with E-state index < -0.39 is 6.04 Å². The monoisotopic (exact) mass is 312 g/mol. The number of esters is 1. The zero-order valence-electron chi connectivity index (χ0n) is 12.5. The zero-order chi connectivity index (χ0) is 15.4. The molecule has 0 aromatic carbocycles. The summed E-state index contributed by atoms with van der Waals surface area (Å²) in [6.07, 6.45) is 4.14. The van der Waals surface area contributed by atoms with E-state index in [9.17, 15) is 9.59 Å². The minimum atomic E-state index is -0.471. The summed E-state index contributed by atoms with van der Waals surface area (Å²) in [6.45, 7) is 5.45. The van der Waals surface area contributed by atoms with E-state index in [1.807, 2.05) is 11.5 Å². The van der Waals surface area contributed by atoms with Gasteiger partial charge in [0.2, 0.25) is 0 Å². The molecule has 0 radical (unpaired) electrons. The van der Waals surface area contributed by atoms with Crippen LogP contribution in [0.4, 0.5) is 0 Å². The Morgan fingerprint density at radius 3 is 2.86 bits per heavy atom. The minimum Gasteiger partial charge on any atom is -0.464 e. The van der Waals surface area contributed by atoms with Gasteiger partial charge in [0.25, 0.3) is 5.91 Å².